The van der Waals surface area contributed by atoms with Gasteiger partial charge in [-0.3, -0.25) is 0 Å². The molecule has 0 atom stereocenters. The standard InChI is InChI=1S/C27H27NOS/c1-16(2)21-12-17(13-24-19(21)10-11-30-24)25-22-14-18(15-27(3,4)5)29-26(22)20-8-6-7-9-23(20)28-25/h6-14,16H,15H2,1-5H3. The molecule has 0 unspecified atom stereocenters. The molecule has 3 heterocycles. The van der Waals surface area contributed by atoms with Gasteiger partial charge in [-0.15, -0.1) is 11.3 Å². The van der Waals surface area contributed by atoms with E-state index in [0.717, 1.165) is 39.7 Å². The highest BCUT2D eigenvalue weighted by Gasteiger charge is 2.20. The number of fused-ring (bicyclic) bond motifs is 4. The Morgan fingerprint density at radius 3 is 2.53 bits per heavy atom. The first-order chi connectivity index (χ1) is 14.3. The minimum Gasteiger partial charge on any atom is -0.460 e. The van der Waals surface area contributed by atoms with Crippen molar-refractivity contribution in [3.63, 3.8) is 0 Å². The number of hydrogen-bond donors (Lipinski definition) is 0. The summed E-state index contributed by atoms with van der Waals surface area (Å²) >= 11 is 1.80. The summed E-state index contributed by atoms with van der Waals surface area (Å²) in [5.74, 6) is 1.48. The molecular formula is C27H27NOS. The summed E-state index contributed by atoms with van der Waals surface area (Å²) in [5.41, 5.74) is 5.67. The fourth-order valence-corrected chi connectivity index (χ4v) is 5.16. The van der Waals surface area contributed by atoms with Crippen molar-refractivity contribution < 1.29 is 4.42 Å². The van der Waals surface area contributed by atoms with Gasteiger partial charge in [-0.25, -0.2) is 4.98 Å². The van der Waals surface area contributed by atoms with Crippen molar-refractivity contribution in [1.82, 2.24) is 4.98 Å². The van der Waals surface area contributed by atoms with Gasteiger partial charge >= 0.3 is 0 Å². The van der Waals surface area contributed by atoms with E-state index in [0.29, 0.717) is 5.92 Å². The third-order valence-corrected chi connectivity index (χ3v) is 6.49. The van der Waals surface area contributed by atoms with Crippen LogP contribution in [-0.4, -0.2) is 4.98 Å². The molecule has 3 heteroatoms. The lowest BCUT2D eigenvalue weighted by molar-refractivity contribution is 0.371. The molecule has 0 saturated heterocycles. The zero-order valence-corrected chi connectivity index (χ0v) is 19.1. The number of pyridine rings is 1. The van der Waals surface area contributed by atoms with Gasteiger partial charge in [-0.2, -0.15) is 0 Å². The van der Waals surface area contributed by atoms with Crippen molar-refractivity contribution in [2.45, 2.75) is 47.0 Å². The van der Waals surface area contributed by atoms with Gasteiger partial charge in [0.05, 0.1) is 11.2 Å². The van der Waals surface area contributed by atoms with Crippen molar-refractivity contribution in [2.75, 3.05) is 0 Å². The predicted molar refractivity (Wildman–Crippen MR) is 130 cm³/mol. The van der Waals surface area contributed by atoms with Crippen LogP contribution < -0.4 is 0 Å². The van der Waals surface area contributed by atoms with E-state index in [1.54, 1.807) is 11.3 Å². The number of benzene rings is 2. The van der Waals surface area contributed by atoms with Crippen LogP contribution in [0.1, 0.15) is 51.9 Å². The first-order valence-corrected chi connectivity index (χ1v) is 11.5. The Hall–Kier alpha value is -2.65. The fourth-order valence-electron chi connectivity index (χ4n) is 4.31. The largest absolute Gasteiger partial charge is 0.460 e. The Bertz CT molecular complexity index is 1380. The number of para-hydroxylation sites is 1. The first-order valence-electron chi connectivity index (χ1n) is 10.6. The maximum absolute atomic E-state index is 6.43. The third kappa shape index (κ3) is 3.31. The van der Waals surface area contributed by atoms with E-state index in [1.807, 2.05) is 6.07 Å². The van der Waals surface area contributed by atoms with Gasteiger partial charge in [0.15, 0.2) is 0 Å². The molecule has 0 radical (unpaired) electrons. The summed E-state index contributed by atoms with van der Waals surface area (Å²) in [6, 6.07) is 17.4. The molecule has 0 fully saturated rings. The lowest BCUT2D eigenvalue weighted by Gasteiger charge is -2.15. The molecule has 0 aliphatic heterocycles. The quantitative estimate of drug-likeness (QED) is 0.296. The average Bonchev–Trinajstić information content (AvgIpc) is 3.31. The van der Waals surface area contributed by atoms with Crippen LogP contribution in [0.25, 0.3) is 43.2 Å². The Kier molecular flexibility index (Phi) is 4.48. The summed E-state index contributed by atoms with van der Waals surface area (Å²) in [7, 11) is 0. The summed E-state index contributed by atoms with van der Waals surface area (Å²) in [6.45, 7) is 11.3. The van der Waals surface area contributed by atoms with Crippen LogP contribution in [0.3, 0.4) is 0 Å². The average molecular weight is 414 g/mol. The molecule has 0 bridgehead atoms. The maximum atomic E-state index is 6.43. The molecule has 0 N–H and O–H groups in total. The molecule has 0 saturated carbocycles. The predicted octanol–water partition coefficient (Wildman–Crippen LogP) is 8.57. The molecule has 30 heavy (non-hydrogen) atoms. The SMILES string of the molecule is CC(C)c1cc(-c2nc3ccccc3c3oc(CC(C)(C)C)cc23)cc2sccc12. The molecule has 2 aromatic carbocycles. The van der Waals surface area contributed by atoms with Gasteiger partial charge in [-0.1, -0.05) is 46.8 Å². The van der Waals surface area contributed by atoms with Gasteiger partial charge in [0.25, 0.3) is 0 Å². The number of rotatable bonds is 3. The van der Waals surface area contributed by atoms with Gasteiger partial charge in [0.2, 0.25) is 0 Å². The fraction of sp³-hybridized carbons (Fsp3) is 0.296. The second-order valence-electron chi connectivity index (χ2n) is 9.72. The van der Waals surface area contributed by atoms with E-state index in [4.69, 9.17) is 9.40 Å². The zero-order valence-electron chi connectivity index (χ0n) is 18.2. The molecule has 0 amide bonds. The molecule has 152 valence electrons. The molecule has 3 aromatic heterocycles. The molecule has 0 aliphatic carbocycles. The summed E-state index contributed by atoms with van der Waals surface area (Å²) in [5, 5.41) is 5.73. The van der Waals surface area contributed by atoms with Crippen LogP contribution >= 0.6 is 11.3 Å². The van der Waals surface area contributed by atoms with Gasteiger partial charge in [0, 0.05) is 27.5 Å². The van der Waals surface area contributed by atoms with Crippen LogP contribution in [0.2, 0.25) is 0 Å². The molecule has 5 rings (SSSR count). The number of furan rings is 1. The van der Waals surface area contributed by atoms with E-state index in [9.17, 15) is 0 Å². The minimum atomic E-state index is 0.165. The van der Waals surface area contributed by atoms with Crippen molar-refractivity contribution in [2.24, 2.45) is 5.41 Å². The van der Waals surface area contributed by atoms with Gasteiger partial charge in [-0.05, 0) is 64.1 Å². The third-order valence-electron chi connectivity index (χ3n) is 5.62. The Morgan fingerprint density at radius 1 is 0.967 bits per heavy atom. The Labute approximate surface area is 181 Å². The number of aromatic nitrogens is 1. The van der Waals surface area contributed by atoms with Crippen LogP contribution in [-0.2, 0) is 6.42 Å². The van der Waals surface area contributed by atoms with E-state index in [-0.39, 0.29) is 5.41 Å². The van der Waals surface area contributed by atoms with Crippen molar-refractivity contribution in [3.8, 4) is 11.3 Å². The highest BCUT2D eigenvalue weighted by molar-refractivity contribution is 7.17. The van der Waals surface area contributed by atoms with E-state index < -0.39 is 0 Å². The topological polar surface area (TPSA) is 26.0 Å². The highest BCUT2D eigenvalue weighted by atomic mass is 32.1. The van der Waals surface area contributed by atoms with E-state index >= 15 is 0 Å². The van der Waals surface area contributed by atoms with Crippen LogP contribution in [0.15, 0.2) is 58.3 Å². The number of thiophene rings is 1. The van der Waals surface area contributed by atoms with E-state index in [1.165, 1.54) is 21.2 Å². The first kappa shape index (κ1) is 19.3. The molecular weight excluding hydrogens is 386 g/mol. The smallest absolute Gasteiger partial charge is 0.145 e. The maximum Gasteiger partial charge on any atom is 0.145 e. The van der Waals surface area contributed by atoms with Crippen molar-refractivity contribution in [1.29, 1.82) is 0 Å². The monoisotopic (exact) mass is 413 g/mol. The Balaban J connectivity index is 1.82. The summed E-state index contributed by atoms with van der Waals surface area (Å²) in [4.78, 5) is 5.12. The molecule has 0 spiro atoms. The lowest BCUT2D eigenvalue weighted by atomic mass is 9.91. The van der Waals surface area contributed by atoms with Gasteiger partial charge < -0.3 is 4.42 Å². The van der Waals surface area contributed by atoms with Crippen LogP contribution in [0.4, 0.5) is 0 Å². The zero-order chi connectivity index (χ0) is 21.0. The van der Waals surface area contributed by atoms with Crippen molar-refractivity contribution in [3.05, 3.63) is 65.2 Å². The highest BCUT2D eigenvalue weighted by Crippen LogP contribution is 2.39. The lowest BCUT2D eigenvalue weighted by Crippen LogP contribution is -2.08. The van der Waals surface area contributed by atoms with Crippen LogP contribution in [0, 0.1) is 5.41 Å². The van der Waals surface area contributed by atoms with E-state index in [2.05, 4.69) is 82.5 Å². The second kappa shape index (κ2) is 6.95. The number of nitrogens with zero attached hydrogens (tertiary/aromatic N) is 1. The second-order valence-corrected chi connectivity index (χ2v) is 10.7. The Morgan fingerprint density at radius 2 is 1.77 bits per heavy atom. The summed E-state index contributed by atoms with van der Waals surface area (Å²) in [6.07, 6.45) is 0.899. The van der Waals surface area contributed by atoms with Crippen molar-refractivity contribution >= 4 is 43.3 Å². The normalized spacial score (nSPS) is 12.6. The minimum absolute atomic E-state index is 0.165. The molecule has 0 aliphatic rings. The molecule has 5 aromatic rings. The molecule has 2 nitrogen and oxygen atoms in total. The summed E-state index contributed by atoms with van der Waals surface area (Å²) < 4.78 is 7.75. The number of hydrogen-bond acceptors (Lipinski definition) is 3. The van der Waals surface area contributed by atoms with Gasteiger partial charge in [0.1, 0.15) is 11.3 Å². The van der Waals surface area contributed by atoms with Crippen LogP contribution in [0.5, 0.6) is 0 Å².